The van der Waals surface area contributed by atoms with Crippen molar-refractivity contribution in [2.75, 3.05) is 42.0 Å². The second-order valence-corrected chi connectivity index (χ2v) is 6.30. The quantitative estimate of drug-likeness (QED) is 0.872. The lowest BCUT2D eigenvalue weighted by Crippen LogP contribution is -2.23. The van der Waals surface area contributed by atoms with Crippen LogP contribution in [0, 0.1) is 0 Å². The molecule has 1 atom stereocenters. The van der Waals surface area contributed by atoms with Crippen LogP contribution in [-0.2, 0) is 0 Å². The van der Waals surface area contributed by atoms with Crippen molar-refractivity contribution in [2.45, 2.75) is 5.25 Å². The van der Waals surface area contributed by atoms with E-state index in [9.17, 15) is 0 Å². The third-order valence-electron chi connectivity index (χ3n) is 2.48. The van der Waals surface area contributed by atoms with E-state index in [1.54, 1.807) is 7.11 Å². The molecule has 3 N–H and O–H groups in total. The Morgan fingerprint density at radius 1 is 1.53 bits per heavy atom. The number of aromatic nitrogens is 1. The maximum atomic E-state index is 5.72. The summed E-state index contributed by atoms with van der Waals surface area (Å²) in [7, 11) is 1.58. The van der Waals surface area contributed by atoms with E-state index in [2.05, 4.69) is 10.3 Å². The normalized spacial score (nSPS) is 19.9. The van der Waals surface area contributed by atoms with Crippen molar-refractivity contribution in [1.29, 1.82) is 0 Å². The van der Waals surface area contributed by atoms with E-state index >= 15 is 0 Å². The van der Waals surface area contributed by atoms with Crippen LogP contribution >= 0.6 is 23.5 Å². The molecule has 2 heterocycles. The second-order valence-electron chi connectivity index (χ2n) is 3.74. The number of nitrogens with one attached hydrogen (secondary N) is 1. The molecule has 17 heavy (non-hydrogen) atoms. The third-order valence-corrected chi connectivity index (χ3v) is 5.32. The van der Waals surface area contributed by atoms with Crippen LogP contribution in [0.25, 0.3) is 0 Å². The fourth-order valence-corrected chi connectivity index (χ4v) is 4.20. The molecule has 1 aliphatic rings. The summed E-state index contributed by atoms with van der Waals surface area (Å²) in [6.07, 6.45) is 0. The van der Waals surface area contributed by atoms with Crippen LogP contribution < -0.4 is 15.8 Å². The average Bonchev–Trinajstić information content (AvgIpc) is 2.39. The predicted octanol–water partition coefficient (Wildman–Crippen LogP) is 1.93. The molecule has 1 saturated heterocycles. The topological polar surface area (TPSA) is 60.2 Å². The smallest absolute Gasteiger partial charge is 0.238 e. The van der Waals surface area contributed by atoms with Gasteiger partial charge in [0.15, 0.2) is 0 Å². The van der Waals surface area contributed by atoms with Gasteiger partial charge < -0.3 is 15.8 Å². The van der Waals surface area contributed by atoms with Gasteiger partial charge in [-0.3, -0.25) is 0 Å². The fourth-order valence-electron chi connectivity index (χ4n) is 1.59. The van der Waals surface area contributed by atoms with E-state index in [4.69, 9.17) is 10.5 Å². The molecule has 1 aromatic rings. The fraction of sp³-hybridized carbons (Fsp3) is 0.545. The Kier molecular flexibility index (Phi) is 4.67. The number of ether oxygens (including phenoxy) is 1. The number of nitrogen functional groups attached to an aromatic ring is 1. The Hall–Kier alpha value is -0.750. The summed E-state index contributed by atoms with van der Waals surface area (Å²) in [5, 5.41) is 4.00. The number of methoxy groups -OCH3 is 1. The highest BCUT2D eigenvalue weighted by molar-refractivity contribution is 8.06. The van der Waals surface area contributed by atoms with E-state index in [0.717, 1.165) is 12.4 Å². The van der Waals surface area contributed by atoms with Crippen LogP contribution in [0.3, 0.4) is 0 Å². The molecule has 1 unspecified atom stereocenters. The minimum absolute atomic E-state index is 0.487. The zero-order chi connectivity index (χ0) is 12.1. The van der Waals surface area contributed by atoms with Gasteiger partial charge in [0.05, 0.1) is 12.8 Å². The first-order valence-electron chi connectivity index (χ1n) is 5.53. The van der Waals surface area contributed by atoms with Crippen LogP contribution in [0.15, 0.2) is 12.1 Å². The Bertz CT molecular complexity index is 370. The Balaban J connectivity index is 1.89. The number of nitrogens with two attached hydrogens (primary N) is 1. The molecular weight excluding hydrogens is 254 g/mol. The van der Waals surface area contributed by atoms with Crippen LogP contribution in [0.1, 0.15) is 0 Å². The van der Waals surface area contributed by atoms with Gasteiger partial charge in [-0.2, -0.15) is 28.5 Å². The summed E-state index contributed by atoms with van der Waals surface area (Å²) in [4.78, 5) is 4.30. The first-order chi connectivity index (χ1) is 8.29. The van der Waals surface area contributed by atoms with Gasteiger partial charge in [-0.25, -0.2) is 0 Å². The molecule has 4 nitrogen and oxygen atoms in total. The van der Waals surface area contributed by atoms with E-state index in [1.165, 1.54) is 17.3 Å². The van der Waals surface area contributed by atoms with Crippen LogP contribution in [-0.4, -0.2) is 41.1 Å². The average molecular weight is 271 g/mol. The number of hydrogen-bond acceptors (Lipinski definition) is 6. The predicted molar refractivity (Wildman–Crippen MR) is 77.3 cm³/mol. The molecule has 94 valence electrons. The van der Waals surface area contributed by atoms with E-state index in [0.29, 0.717) is 16.8 Å². The van der Waals surface area contributed by atoms with Gasteiger partial charge in [-0.05, 0) is 12.1 Å². The van der Waals surface area contributed by atoms with Gasteiger partial charge in [-0.1, -0.05) is 0 Å². The highest BCUT2D eigenvalue weighted by atomic mass is 32.2. The Morgan fingerprint density at radius 2 is 2.41 bits per heavy atom. The molecule has 0 saturated carbocycles. The minimum atomic E-state index is 0.487. The third kappa shape index (κ3) is 3.61. The van der Waals surface area contributed by atoms with E-state index in [-0.39, 0.29) is 0 Å². The molecule has 0 spiro atoms. The Labute approximate surface area is 110 Å². The van der Waals surface area contributed by atoms with Gasteiger partial charge >= 0.3 is 0 Å². The van der Waals surface area contributed by atoms with Crippen molar-refractivity contribution in [2.24, 2.45) is 0 Å². The standard InChI is InChI=1S/C11H17N3OS2/c1-15-11-9(12)2-3-10(14-11)13-6-8-7-16-4-5-17-8/h2-3,8H,4-7,12H2,1H3,(H,13,14). The second kappa shape index (κ2) is 6.26. The van der Waals surface area contributed by atoms with Gasteiger partial charge in [-0.15, -0.1) is 0 Å². The summed E-state index contributed by atoms with van der Waals surface area (Å²) in [5.74, 6) is 5.04. The maximum absolute atomic E-state index is 5.72. The molecule has 1 aromatic heterocycles. The number of rotatable bonds is 4. The number of thioether (sulfide) groups is 2. The first-order valence-corrected chi connectivity index (χ1v) is 7.73. The van der Waals surface area contributed by atoms with Crippen LogP contribution in [0.5, 0.6) is 5.88 Å². The molecular formula is C11H17N3OS2. The zero-order valence-electron chi connectivity index (χ0n) is 9.81. The number of anilines is 2. The lowest BCUT2D eigenvalue weighted by molar-refractivity contribution is 0.401. The SMILES string of the molecule is COc1nc(NCC2CSCCS2)ccc1N. The molecule has 0 amide bonds. The lowest BCUT2D eigenvalue weighted by atomic mass is 10.4. The van der Waals surface area contributed by atoms with Gasteiger partial charge in [0.25, 0.3) is 0 Å². The largest absolute Gasteiger partial charge is 0.479 e. The van der Waals surface area contributed by atoms with Gasteiger partial charge in [0.2, 0.25) is 5.88 Å². The molecule has 2 rings (SSSR count). The highest BCUT2D eigenvalue weighted by Gasteiger charge is 2.14. The number of pyridine rings is 1. The number of nitrogens with zero attached hydrogens (tertiary/aromatic N) is 1. The molecule has 1 aliphatic heterocycles. The summed E-state index contributed by atoms with van der Waals surface area (Å²) in [6, 6.07) is 3.70. The van der Waals surface area contributed by atoms with E-state index in [1.807, 2.05) is 35.7 Å². The van der Waals surface area contributed by atoms with Crippen molar-refractivity contribution < 1.29 is 4.74 Å². The lowest BCUT2D eigenvalue weighted by Gasteiger charge is -2.21. The van der Waals surface area contributed by atoms with Gasteiger partial charge in [0, 0.05) is 29.1 Å². The minimum Gasteiger partial charge on any atom is -0.479 e. The van der Waals surface area contributed by atoms with Crippen molar-refractivity contribution in [3.63, 3.8) is 0 Å². The monoisotopic (exact) mass is 271 g/mol. The number of hydrogen-bond donors (Lipinski definition) is 2. The van der Waals surface area contributed by atoms with Crippen molar-refractivity contribution in [3.8, 4) is 5.88 Å². The van der Waals surface area contributed by atoms with Crippen molar-refractivity contribution in [3.05, 3.63) is 12.1 Å². The summed E-state index contributed by atoms with van der Waals surface area (Å²) in [6.45, 7) is 0.942. The van der Waals surface area contributed by atoms with E-state index < -0.39 is 0 Å². The van der Waals surface area contributed by atoms with Crippen LogP contribution in [0.4, 0.5) is 11.5 Å². The molecule has 0 aromatic carbocycles. The summed E-state index contributed by atoms with van der Waals surface area (Å²) in [5.41, 5.74) is 6.29. The molecule has 6 heteroatoms. The maximum Gasteiger partial charge on any atom is 0.238 e. The summed E-state index contributed by atoms with van der Waals surface area (Å²) >= 11 is 4.05. The summed E-state index contributed by atoms with van der Waals surface area (Å²) < 4.78 is 5.09. The van der Waals surface area contributed by atoms with Gasteiger partial charge in [0.1, 0.15) is 5.82 Å². The Morgan fingerprint density at radius 3 is 3.12 bits per heavy atom. The highest BCUT2D eigenvalue weighted by Crippen LogP contribution is 2.25. The first kappa shape index (κ1) is 12.7. The van der Waals surface area contributed by atoms with Crippen LogP contribution in [0.2, 0.25) is 0 Å². The molecule has 0 bridgehead atoms. The van der Waals surface area contributed by atoms with Crippen molar-refractivity contribution in [1.82, 2.24) is 4.98 Å². The molecule has 1 fully saturated rings. The zero-order valence-corrected chi connectivity index (χ0v) is 11.4. The molecule has 0 aliphatic carbocycles. The van der Waals surface area contributed by atoms with Crippen molar-refractivity contribution >= 4 is 35.0 Å². The molecule has 0 radical (unpaired) electrons.